The quantitative estimate of drug-likeness (QED) is 0.512. The van der Waals surface area contributed by atoms with E-state index in [1.54, 1.807) is 0 Å². The molecule has 0 spiro atoms. The summed E-state index contributed by atoms with van der Waals surface area (Å²) in [6, 6.07) is 0. The minimum absolute atomic E-state index is 0.0150. The molecule has 0 aromatic rings. The molecule has 0 bridgehead atoms. The van der Waals surface area contributed by atoms with Crippen molar-refractivity contribution in [2.45, 2.75) is 84.0 Å². The minimum atomic E-state index is -0.531. The predicted molar refractivity (Wildman–Crippen MR) is 83.4 cm³/mol. The van der Waals surface area contributed by atoms with Crippen LogP contribution < -0.4 is 11.1 Å². The van der Waals surface area contributed by atoms with Crippen LogP contribution in [-0.2, 0) is 14.4 Å². The van der Waals surface area contributed by atoms with Gasteiger partial charge in [-0.15, -0.1) is 0 Å². The molecule has 0 aliphatic heterocycles. The van der Waals surface area contributed by atoms with Crippen LogP contribution in [0, 0.1) is 0 Å². The lowest BCUT2D eigenvalue weighted by atomic mass is 10.1. The third-order valence-electron chi connectivity index (χ3n) is 3.38. The molecule has 0 heterocycles. The molecule has 0 radical (unpaired) electrons. The number of carbonyl (C=O) groups is 3. The Morgan fingerprint density at radius 3 is 1.71 bits per heavy atom. The van der Waals surface area contributed by atoms with Gasteiger partial charge in [0.05, 0.1) is 0 Å². The molecule has 0 aromatic carbocycles. The van der Waals surface area contributed by atoms with Crippen molar-refractivity contribution in [1.82, 2.24) is 5.32 Å². The number of imide groups is 1. The highest BCUT2D eigenvalue weighted by atomic mass is 16.2. The molecule has 0 saturated carbocycles. The van der Waals surface area contributed by atoms with Crippen molar-refractivity contribution in [1.29, 1.82) is 0 Å². The van der Waals surface area contributed by atoms with Gasteiger partial charge in [-0.25, -0.2) is 0 Å². The van der Waals surface area contributed by atoms with Crippen LogP contribution in [0.2, 0.25) is 0 Å². The molecule has 0 rings (SSSR count). The normalized spacial score (nSPS) is 10.3. The van der Waals surface area contributed by atoms with Crippen molar-refractivity contribution >= 4 is 17.7 Å². The first-order valence-corrected chi connectivity index (χ1v) is 8.17. The first kappa shape index (κ1) is 19.6. The van der Waals surface area contributed by atoms with E-state index in [1.165, 1.54) is 38.5 Å². The lowest BCUT2D eigenvalue weighted by Crippen LogP contribution is -2.30. The molecule has 0 saturated heterocycles. The third kappa shape index (κ3) is 14.8. The van der Waals surface area contributed by atoms with Gasteiger partial charge in [0.1, 0.15) is 0 Å². The first-order valence-electron chi connectivity index (χ1n) is 8.17. The van der Waals surface area contributed by atoms with Crippen LogP contribution in [0.1, 0.15) is 84.0 Å². The van der Waals surface area contributed by atoms with Crippen LogP contribution >= 0.6 is 0 Å². The maximum Gasteiger partial charge on any atom is 0.227 e. The van der Waals surface area contributed by atoms with E-state index in [0.717, 1.165) is 19.3 Å². The van der Waals surface area contributed by atoms with Crippen molar-refractivity contribution in [2.75, 3.05) is 0 Å². The number of amides is 3. The van der Waals surface area contributed by atoms with E-state index in [2.05, 4.69) is 12.2 Å². The van der Waals surface area contributed by atoms with Gasteiger partial charge < -0.3 is 5.73 Å². The van der Waals surface area contributed by atoms with E-state index in [4.69, 9.17) is 5.73 Å². The number of unbranched alkanes of at least 4 members (excludes halogenated alkanes) is 8. The molecule has 0 aliphatic rings. The summed E-state index contributed by atoms with van der Waals surface area (Å²) in [4.78, 5) is 33.2. The molecule has 5 heteroatoms. The maximum atomic E-state index is 11.5. The highest BCUT2D eigenvalue weighted by Crippen LogP contribution is 2.10. The molecule has 122 valence electrons. The van der Waals surface area contributed by atoms with E-state index in [-0.39, 0.29) is 18.7 Å². The number of primary amides is 1. The zero-order chi connectivity index (χ0) is 15.9. The Bertz CT molecular complexity index is 317. The van der Waals surface area contributed by atoms with E-state index in [9.17, 15) is 14.4 Å². The summed E-state index contributed by atoms with van der Waals surface area (Å²) >= 11 is 0. The van der Waals surface area contributed by atoms with Gasteiger partial charge in [0.15, 0.2) is 0 Å². The van der Waals surface area contributed by atoms with Crippen molar-refractivity contribution in [3.05, 3.63) is 0 Å². The SMILES string of the molecule is CCCCCCCCCCCC(=O)NC(=O)CCC(N)=O. The van der Waals surface area contributed by atoms with Crippen molar-refractivity contribution in [3.8, 4) is 0 Å². The number of hydrogen-bond donors (Lipinski definition) is 2. The Hall–Kier alpha value is -1.39. The first-order chi connectivity index (χ1) is 10.1. The average molecular weight is 298 g/mol. The van der Waals surface area contributed by atoms with Crippen molar-refractivity contribution in [2.24, 2.45) is 5.73 Å². The second-order valence-electron chi connectivity index (χ2n) is 5.52. The number of hydrogen-bond acceptors (Lipinski definition) is 3. The molecule has 3 N–H and O–H groups in total. The monoisotopic (exact) mass is 298 g/mol. The van der Waals surface area contributed by atoms with Gasteiger partial charge in [-0.3, -0.25) is 19.7 Å². The van der Waals surface area contributed by atoms with Gasteiger partial charge in [0, 0.05) is 19.3 Å². The molecule has 0 aromatic heterocycles. The lowest BCUT2D eigenvalue weighted by molar-refractivity contribution is -0.131. The summed E-state index contributed by atoms with van der Waals surface area (Å²) in [5, 5.41) is 2.27. The van der Waals surface area contributed by atoms with Crippen LogP contribution in [0.15, 0.2) is 0 Å². The predicted octanol–water partition coefficient (Wildman–Crippen LogP) is 2.82. The zero-order valence-corrected chi connectivity index (χ0v) is 13.3. The molecule has 0 atom stereocenters. The average Bonchev–Trinajstić information content (AvgIpc) is 2.43. The molecule has 5 nitrogen and oxygen atoms in total. The summed E-state index contributed by atoms with van der Waals surface area (Å²) in [5.74, 6) is -1.21. The van der Waals surface area contributed by atoms with Gasteiger partial charge in [-0.2, -0.15) is 0 Å². The van der Waals surface area contributed by atoms with E-state index < -0.39 is 11.8 Å². The smallest absolute Gasteiger partial charge is 0.227 e. The summed E-state index contributed by atoms with van der Waals surface area (Å²) in [7, 11) is 0. The second-order valence-corrected chi connectivity index (χ2v) is 5.52. The fourth-order valence-corrected chi connectivity index (χ4v) is 2.11. The topological polar surface area (TPSA) is 89.3 Å². The third-order valence-corrected chi connectivity index (χ3v) is 3.38. The van der Waals surface area contributed by atoms with Crippen LogP contribution in [0.3, 0.4) is 0 Å². The molecule has 0 aliphatic carbocycles. The van der Waals surface area contributed by atoms with E-state index >= 15 is 0 Å². The summed E-state index contributed by atoms with van der Waals surface area (Å²) in [6.07, 6.45) is 11.1. The van der Waals surface area contributed by atoms with Gasteiger partial charge in [-0.05, 0) is 6.42 Å². The maximum absolute atomic E-state index is 11.5. The van der Waals surface area contributed by atoms with Gasteiger partial charge in [0.2, 0.25) is 17.7 Å². The fourth-order valence-electron chi connectivity index (χ4n) is 2.11. The standard InChI is InChI=1S/C16H30N2O3/c1-2-3-4-5-6-7-8-9-10-11-15(20)18-16(21)13-12-14(17)19/h2-13H2,1H3,(H2,17,19)(H,18,20,21). The zero-order valence-electron chi connectivity index (χ0n) is 13.3. The van der Waals surface area contributed by atoms with Crippen LogP contribution in [0.25, 0.3) is 0 Å². The summed E-state index contributed by atoms with van der Waals surface area (Å²) < 4.78 is 0. The number of nitrogens with two attached hydrogens (primary N) is 1. The summed E-state index contributed by atoms with van der Waals surface area (Å²) in [5.41, 5.74) is 4.93. The Morgan fingerprint density at radius 1 is 0.714 bits per heavy atom. The highest BCUT2D eigenvalue weighted by molar-refractivity contribution is 5.96. The minimum Gasteiger partial charge on any atom is -0.370 e. The molecular weight excluding hydrogens is 268 g/mol. The van der Waals surface area contributed by atoms with Gasteiger partial charge >= 0.3 is 0 Å². The Kier molecular flexibility index (Phi) is 12.7. The molecule has 3 amide bonds. The Morgan fingerprint density at radius 2 is 1.19 bits per heavy atom. The van der Waals surface area contributed by atoms with Crippen LogP contribution in [-0.4, -0.2) is 17.7 Å². The van der Waals surface area contributed by atoms with Gasteiger partial charge in [0.25, 0.3) is 0 Å². The largest absolute Gasteiger partial charge is 0.370 e. The Labute approximate surface area is 128 Å². The van der Waals surface area contributed by atoms with Crippen LogP contribution in [0.4, 0.5) is 0 Å². The van der Waals surface area contributed by atoms with Crippen molar-refractivity contribution in [3.63, 3.8) is 0 Å². The second kappa shape index (κ2) is 13.6. The fraction of sp³-hybridized carbons (Fsp3) is 0.812. The molecular formula is C16H30N2O3. The van der Waals surface area contributed by atoms with Crippen molar-refractivity contribution < 1.29 is 14.4 Å². The van der Waals surface area contributed by atoms with E-state index in [0.29, 0.717) is 6.42 Å². The number of carbonyl (C=O) groups excluding carboxylic acids is 3. The number of nitrogens with one attached hydrogen (secondary N) is 1. The summed E-state index contributed by atoms with van der Waals surface area (Å²) in [6.45, 7) is 2.21. The lowest BCUT2D eigenvalue weighted by Gasteiger charge is -2.04. The molecule has 0 unspecified atom stereocenters. The molecule has 0 fully saturated rings. The number of rotatable bonds is 13. The Balaban J connectivity index is 3.37. The highest BCUT2D eigenvalue weighted by Gasteiger charge is 2.08. The van der Waals surface area contributed by atoms with Gasteiger partial charge in [-0.1, -0.05) is 58.3 Å². The molecule has 21 heavy (non-hydrogen) atoms. The van der Waals surface area contributed by atoms with E-state index in [1.807, 2.05) is 0 Å². The van der Waals surface area contributed by atoms with Crippen LogP contribution in [0.5, 0.6) is 0 Å².